The Kier molecular flexibility index (Phi) is 4.21. The summed E-state index contributed by atoms with van der Waals surface area (Å²) in [6, 6.07) is 1.70. The van der Waals surface area contributed by atoms with Crippen molar-refractivity contribution < 1.29 is 4.74 Å². The highest BCUT2D eigenvalue weighted by atomic mass is 35.5. The van der Waals surface area contributed by atoms with Gasteiger partial charge in [0.15, 0.2) is 0 Å². The predicted molar refractivity (Wildman–Crippen MR) is 68.6 cm³/mol. The Labute approximate surface area is 108 Å². The summed E-state index contributed by atoms with van der Waals surface area (Å²) in [5.74, 6) is 2.69. The van der Waals surface area contributed by atoms with E-state index in [0.717, 1.165) is 18.2 Å². The van der Waals surface area contributed by atoms with Gasteiger partial charge in [-0.15, -0.1) is 0 Å². The van der Waals surface area contributed by atoms with Crippen LogP contribution in [0.4, 0.5) is 0 Å². The summed E-state index contributed by atoms with van der Waals surface area (Å²) >= 11 is 5.95. The summed E-state index contributed by atoms with van der Waals surface area (Å²) in [4.78, 5) is 8.62. The fourth-order valence-electron chi connectivity index (χ4n) is 1.68. The van der Waals surface area contributed by atoms with Crippen molar-refractivity contribution in [2.45, 2.75) is 45.4 Å². The van der Waals surface area contributed by atoms with Crippen molar-refractivity contribution in [3.8, 4) is 5.88 Å². The SMILES string of the molecule is CC(C)CCCOc1cc(Cl)nc(C2CC2)n1. The lowest BCUT2D eigenvalue weighted by Gasteiger charge is -2.08. The molecule has 4 heteroatoms. The minimum absolute atomic E-state index is 0.487. The van der Waals surface area contributed by atoms with E-state index in [1.165, 1.54) is 19.3 Å². The van der Waals surface area contributed by atoms with Crippen molar-refractivity contribution in [1.29, 1.82) is 0 Å². The van der Waals surface area contributed by atoms with Crippen LogP contribution in [0, 0.1) is 5.92 Å². The maximum absolute atomic E-state index is 5.95. The summed E-state index contributed by atoms with van der Waals surface area (Å²) in [6.07, 6.45) is 4.58. The summed E-state index contributed by atoms with van der Waals surface area (Å²) < 4.78 is 5.62. The van der Waals surface area contributed by atoms with E-state index < -0.39 is 0 Å². The van der Waals surface area contributed by atoms with Crippen molar-refractivity contribution in [2.75, 3.05) is 6.61 Å². The fraction of sp³-hybridized carbons (Fsp3) is 0.692. The van der Waals surface area contributed by atoms with E-state index in [2.05, 4.69) is 23.8 Å². The van der Waals surface area contributed by atoms with Crippen molar-refractivity contribution in [3.63, 3.8) is 0 Å². The molecule has 1 aliphatic carbocycles. The average Bonchev–Trinajstić information content (AvgIpc) is 3.07. The van der Waals surface area contributed by atoms with Crippen LogP contribution in [0.5, 0.6) is 5.88 Å². The first-order valence-electron chi connectivity index (χ1n) is 6.32. The molecule has 0 N–H and O–H groups in total. The van der Waals surface area contributed by atoms with E-state index in [1.807, 2.05) is 0 Å². The van der Waals surface area contributed by atoms with Gasteiger partial charge in [0.1, 0.15) is 11.0 Å². The van der Waals surface area contributed by atoms with E-state index in [1.54, 1.807) is 6.07 Å². The molecule has 0 atom stereocenters. The number of ether oxygens (including phenoxy) is 1. The van der Waals surface area contributed by atoms with Gasteiger partial charge in [0, 0.05) is 12.0 Å². The van der Waals surface area contributed by atoms with Crippen LogP contribution in [0.25, 0.3) is 0 Å². The Morgan fingerprint density at radius 3 is 2.82 bits per heavy atom. The average molecular weight is 255 g/mol. The smallest absolute Gasteiger partial charge is 0.218 e. The molecule has 1 saturated carbocycles. The molecular formula is C13H19ClN2O. The van der Waals surface area contributed by atoms with Crippen LogP contribution in [-0.4, -0.2) is 16.6 Å². The zero-order valence-corrected chi connectivity index (χ0v) is 11.2. The lowest BCUT2D eigenvalue weighted by atomic mass is 10.1. The van der Waals surface area contributed by atoms with Crippen molar-refractivity contribution in [1.82, 2.24) is 9.97 Å². The second-order valence-electron chi connectivity index (χ2n) is 5.05. The lowest BCUT2D eigenvalue weighted by Crippen LogP contribution is -2.03. The van der Waals surface area contributed by atoms with Crippen molar-refractivity contribution in [3.05, 3.63) is 17.0 Å². The van der Waals surface area contributed by atoms with Crippen LogP contribution in [-0.2, 0) is 0 Å². The first-order chi connectivity index (χ1) is 8.15. The molecule has 1 aliphatic rings. The Bertz CT molecular complexity index is 378. The molecular weight excluding hydrogens is 236 g/mol. The van der Waals surface area contributed by atoms with Gasteiger partial charge in [-0.3, -0.25) is 0 Å². The quantitative estimate of drug-likeness (QED) is 0.572. The number of rotatable bonds is 6. The highest BCUT2D eigenvalue weighted by molar-refractivity contribution is 6.29. The molecule has 0 bridgehead atoms. The zero-order chi connectivity index (χ0) is 12.3. The maximum atomic E-state index is 5.95. The summed E-state index contributed by atoms with van der Waals surface area (Å²) in [7, 11) is 0. The van der Waals surface area contributed by atoms with Crippen LogP contribution < -0.4 is 4.74 Å². The number of nitrogens with zero attached hydrogens (tertiary/aromatic N) is 2. The van der Waals surface area contributed by atoms with Gasteiger partial charge in [-0.05, 0) is 31.6 Å². The van der Waals surface area contributed by atoms with Crippen LogP contribution >= 0.6 is 11.6 Å². The Balaban J connectivity index is 1.87. The molecule has 0 spiro atoms. The molecule has 0 unspecified atom stereocenters. The monoisotopic (exact) mass is 254 g/mol. The number of hydrogen-bond acceptors (Lipinski definition) is 3. The zero-order valence-electron chi connectivity index (χ0n) is 10.4. The van der Waals surface area contributed by atoms with Gasteiger partial charge in [0.2, 0.25) is 5.88 Å². The Morgan fingerprint density at radius 1 is 1.41 bits per heavy atom. The van der Waals surface area contributed by atoms with Crippen molar-refractivity contribution >= 4 is 11.6 Å². The van der Waals surface area contributed by atoms with E-state index in [4.69, 9.17) is 16.3 Å². The Hall–Kier alpha value is -0.830. The molecule has 1 aromatic rings. The highest BCUT2D eigenvalue weighted by Gasteiger charge is 2.27. The topological polar surface area (TPSA) is 35.0 Å². The third-order valence-corrected chi connectivity index (χ3v) is 3.00. The maximum Gasteiger partial charge on any atom is 0.218 e. The van der Waals surface area contributed by atoms with Gasteiger partial charge in [0.05, 0.1) is 6.61 Å². The molecule has 1 fully saturated rings. The summed E-state index contributed by atoms with van der Waals surface area (Å²) in [5.41, 5.74) is 0. The van der Waals surface area contributed by atoms with Gasteiger partial charge in [0.25, 0.3) is 0 Å². The normalized spacial score (nSPS) is 15.3. The van der Waals surface area contributed by atoms with E-state index in [9.17, 15) is 0 Å². The van der Waals surface area contributed by atoms with Crippen LogP contribution in [0.2, 0.25) is 5.15 Å². The first-order valence-corrected chi connectivity index (χ1v) is 6.70. The summed E-state index contributed by atoms with van der Waals surface area (Å²) in [5, 5.41) is 0.487. The van der Waals surface area contributed by atoms with Crippen LogP contribution in [0.15, 0.2) is 6.07 Å². The second kappa shape index (κ2) is 5.67. The molecule has 1 heterocycles. The largest absolute Gasteiger partial charge is 0.478 e. The number of aromatic nitrogens is 2. The van der Waals surface area contributed by atoms with E-state index >= 15 is 0 Å². The molecule has 0 aliphatic heterocycles. The highest BCUT2D eigenvalue weighted by Crippen LogP contribution is 2.38. The molecule has 0 amide bonds. The van der Waals surface area contributed by atoms with Gasteiger partial charge in [-0.1, -0.05) is 25.4 Å². The van der Waals surface area contributed by atoms with Gasteiger partial charge in [-0.2, -0.15) is 4.98 Å². The third-order valence-electron chi connectivity index (χ3n) is 2.81. The minimum Gasteiger partial charge on any atom is -0.478 e. The van der Waals surface area contributed by atoms with E-state index in [-0.39, 0.29) is 0 Å². The standard InChI is InChI=1S/C13H19ClN2O/c1-9(2)4-3-7-17-12-8-11(14)15-13(16-12)10-5-6-10/h8-10H,3-7H2,1-2H3. The molecule has 0 aromatic carbocycles. The molecule has 1 aromatic heterocycles. The molecule has 2 rings (SSSR count). The van der Waals surface area contributed by atoms with Crippen molar-refractivity contribution in [2.24, 2.45) is 5.92 Å². The Morgan fingerprint density at radius 2 is 2.18 bits per heavy atom. The minimum atomic E-state index is 0.487. The number of halogens is 1. The first kappa shape index (κ1) is 12.6. The lowest BCUT2D eigenvalue weighted by molar-refractivity contribution is 0.286. The fourth-order valence-corrected chi connectivity index (χ4v) is 1.86. The van der Waals surface area contributed by atoms with Gasteiger partial charge < -0.3 is 4.74 Å². The molecule has 3 nitrogen and oxygen atoms in total. The van der Waals surface area contributed by atoms with Crippen LogP contribution in [0.1, 0.15) is 51.3 Å². The van der Waals surface area contributed by atoms with E-state index in [0.29, 0.717) is 23.6 Å². The van der Waals surface area contributed by atoms with Gasteiger partial charge in [-0.25, -0.2) is 4.98 Å². The van der Waals surface area contributed by atoms with Gasteiger partial charge >= 0.3 is 0 Å². The molecule has 17 heavy (non-hydrogen) atoms. The predicted octanol–water partition coefficient (Wildman–Crippen LogP) is 3.82. The molecule has 0 saturated heterocycles. The summed E-state index contributed by atoms with van der Waals surface area (Å²) in [6.45, 7) is 5.13. The third kappa shape index (κ3) is 4.15. The van der Waals surface area contributed by atoms with Crippen LogP contribution in [0.3, 0.4) is 0 Å². The second-order valence-corrected chi connectivity index (χ2v) is 5.43. The molecule has 0 radical (unpaired) electrons. The molecule has 94 valence electrons. The number of hydrogen-bond donors (Lipinski definition) is 0.